The molecule has 2 aromatic rings. The number of halogens is 1. The first-order chi connectivity index (χ1) is 10.0. The summed E-state index contributed by atoms with van der Waals surface area (Å²) in [6.07, 6.45) is 0.990. The van der Waals surface area contributed by atoms with Gasteiger partial charge in [0.25, 0.3) is 5.91 Å². The zero-order valence-electron chi connectivity index (χ0n) is 13.1. The predicted octanol–water partition coefficient (Wildman–Crippen LogP) is 3.97. The maximum Gasteiger partial charge on any atom is 0.258 e. The number of hydrogen-bond acceptors (Lipinski definition) is 2. The number of carbonyl (C=O) groups is 1. The number of amides is 1. The molecule has 0 atom stereocenters. The van der Waals surface area contributed by atoms with Crippen LogP contribution in [0.15, 0.2) is 36.4 Å². The lowest BCUT2D eigenvalue weighted by Crippen LogP contribution is -2.26. The van der Waals surface area contributed by atoms with Gasteiger partial charge in [-0.05, 0) is 67.3 Å². The number of anilines is 2. The van der Waals surface area contributed by atoms with Gasteiger partial charge in [0, 0.05) is 30.5 Å². The molecule has 0 bridgehead atoms. The summed E-state index contributed by atoms with van der Waals surface area (Å²) in [7, 11) is 1.84. The minimum absolute atomic E-state index is 0. The monoisotopic (exact) mass is 316 g/mol. The first-order valence-electron chi connectivity index (χ1n) is 7.28. The molecule has 3 nitrogen and oxygen atoms in total. The van der Waals surface area contributed by atoms with Gasteiger partial charge in [-0.15, -0.1) is 12.4 Å². The quantitative estimate of drug-likeness (QED) is 0.909. The zero-order valence-corrected chi connectivity index (χ0v) is 14.0. The van der Waals surface area contributed by atoms with E-state index in [0.29, 0.717) is 0 Å². The molecule has 2 aromatic carbocycles. The number of benzene rings is 2. The molecule has 0 spiro atoms. The second kappa shape index (κ2) is 6.41. The SMILES string of the molecule is Cc1cc(C)cc(N(C)C(=O)c2ccc3c(c2)CCN3)c1.Cl. The van der Waals surface area contributed by atoms with Crippen LogP contribution in [0.1, 0.15) is 27.0 Å². The Bertz CT molecular complexity index is 692. The van der Waals surface area contributed by atoms with Crippen molar-refractivity contribution < 1.29 is 4.79 Å². The van der Waals surface area contributed by atoms with Gasteiger partial charge in [-0.25, -0.2) is 0 Å². The number of aryl methyl sites for hydroxylation is 2. The molecule has 1 aliphatic rings. The van der Waals surface area contributed by atoms with Crippen molar-refractivity contribution in [1.82, 2.24) is 0 Å². The van der Waals surface area contributed by atoms with E-state index in [9.17, 15) is 4.79 Å². The molecule has 0 aromatic heterocycles. The van der Waals surface area contributed by atoms with Gasteiger partial charge in [-0.2, -0.15) is 0 Å². The largest absolute Gasteiger partial charge is 0.384 e. The third kappa shape index (κ3) is 3.09. The topological polar surface area (TPSA) is 32.3 Å². The highest BCUT2D eigenvalue weighted by Gasteiger charge is 2.17. The number of rotatable bonds is 2. The van der Waals surface area contributed by atoms with Crippen molar-refractivity contribution in [3.05, 3.63) is 58.7 Å². The van der Waals surface area contributed by atoms with E-state index in [4.69, 9.17) is 0 Å². The van der Waals surface area contributed by atoms with E-state index in [-0.39, 0.29) is 18.3 Å². The Morgan fingerprint density at radius 1 is 1.09 bits per heavy atom. The van der Waals surface area contributed by atoms with Crippen molar-refractivity contribution in [3.63, 3.8) is 0 Å². The molecular weight excluding hydrogens is 296 g/mol. The molecule has 4 heteroatoms. The van der Waals surface area contributed by atoms with Crippen molar-refractivity contribution in [2.24, 2.45) is 0 Å². The molecule has 3 rings (SSSR count). The lowest BCUT2D eigenvalue weighted by atomic mass is 10.1. The summed E-state index contributed by atoms with van der Waals surface area (Å²) >= 11 is 0. The van der Waals surface area contributed by atoms with Gasteiger partial charge in [0.2, 0.25) is 0 Å². The smallest absolute Gasteiger partial charge is 0.258 e. The Morgan fingerprint density at radius 3 is 2.45 bits per heavy atom. The number of carbonyl (C=O) groups excluding carboxylic acids is 1. The van der Waals surface area contributed by atoms with Crippen LogP contribution in [0, 0.1) is 13.8 Å². The average Bonchev–Trinajstić information content (AvgIpc) is 2.92. The first kappa shape index (κ1) is 16.4. The van der Waals surface area contributed by atoms with E-state index in [1.165, 1.54) is 16.7 Å². The predicted molar refractivity (Wildman–Crippen MR) is 94.5 cm³/mol. The van der Waals surface area contributed by atoms with Gasteiger partial charge in [0.05, 0.1) is 0 Å². The average molecular weight is 317 g/mol. The van der Waals surface area contributed by atoms with E-state index in [2.05, 4.69) is 25.2 Å². The highest BCUT2D eigenvalue weighted by molar-refractivity contribution is 6.06. The minimum Gasteiger partial charge on any atom is -0.384 e. The van der Waals surface area contributed by atoms with Crippen LogP contribution in [0.2, 0.25) is 0 Å². The normalized spacial score (nSPS) is 12.1. The maximum absolute atomic E-state index is 12.7. The van der Waals surface area contributed by atoms with Crippen molar-refractivity contribution in [3.8, 4) is 0 Å². The Labute approximate surface area is 137 Å². The summed E-state index contributed by atoms with van der Waals surface area (Å²) in [5, 5.41) is 3.32. The van der Waals surface area contributed by atoms with E-state index < -0.39 is 0 Å². The molecule has 1 aliphatic heterocycles. The third-order valence-electron chi connectivity index (χ3n) is 3.96. The molecule has 0 radical (unpaired) electrons. The summed E-state index contributed by atoms with van der Waals surface area (Å²) < 4.78 is 0. The van der Waals surface area contributed by atoms with Crippen LogP contribution in [0.5, 0.6) is 0 Å². The molecule has 22 heavy (non-hydrogen) atoms. The second-order valence-electron chi connectivity index (χ2n) is 5.76. The summed E-state index contributed by atoms with van der Waals surface area (Å²) in [4.78, 5) is 14.4. The molecule has 0 saturated heterocycles. The van der Waals surface area contributed by atoms with E-state index in [1.807, 2.05) is 37.4 Å². The summed E-state index contributed by atoms with van der Waals surface area (Å²) in [6.45, 7) is 5.06. The molecule has 0 fully saturated rings. The van der Waals surface area contributed by atoms with E-state index >= 15 is 0 Å². The Balaban J connectivity index is 0.00000176. The lowest BCUT2D eigenvalue weighted by Gasteiger charge is -2.19. The van der Waals surface area contributed by atoms with Gasteiger partial charge in [-0.1, -0.05) is 6.07 Å². The fourth-order valence-electron chi connectivity index (χ4n) is 2.89. The summed E-state index contributed by atoms with van der Waals surface area (Å²) in [5.41, 5.74) is 6.41. The summed E-state index contributed by atoms with van der Waals surface area (Å²) in [5.74, 6) is 0.0368. The summed E-state index contributed by atoms with van der Waals surface area (Å²) in [6, 6.07) is 12.1. The fraction of sp³-hybridized carbons (Fsp3) is 0.278. The van der Waals surface area contributed by atoms with Crippen molar-refractivity contribution >= 4 is 29.7 Å². The zero-order chi connectivity index (χ0) is 15.0. The molecule has 1 N–H and O–H groups in total. The third-order valence-corrected chi connectivity index (χ3v) is 3.96. The van der Waals surface area contributed by atoms with Gasteiger partial charge < -0.3 is 10.2 Å². The van der Waals surface area contributed by atoms with Crippen LogP contribution in [0.3, 0.4) is 0 Å². The highest BCUT2D eigenvalue weighted by Crippen LogP contribution is 2.25. The number of hydrogen-bond donors (Lipinski definition) is 1. The van der Waals surface area contributed by atoms with Gasteiger partial charge in [-0.3, -0.25) is 4.79 Å². The van der Waals surface area contributed by atoms with Gasteiger partial charge in [0.1, 0.15) is 0 Å². The minimum atomic E-state index is 0. The molecule has 116 valence electrons. The number of nitrogens with one attached hydrogen (secondary N) is 1. The molecule has 0 unspecified atom stereocenters. The van der Waals surface area contributed by atoms with Crippen molar-refractivity contribution in [1.29, 1.82) is 0 Å². The van der Waals surface area contributed by atoms with Crippen molar-refractivity contribution in [2.45, 2.75) is 20.3 Å². The van der Waals surface area contributed by atoms with E-state index in [0.717, 1.165) is 29.9 Å². The maximum atomic E-state index is 12.7. The molecule has 1 heterocycles. The van der Waals surface area contributed by atoms with Gasteiger partial charge in [0.15, 0.2) is 0 Å². The number of nitrogens with zero attached hydrogens (tertiary/aromatic N) is 1. The standard InChI is InChI=1S/C18H20N2O.ClH/c1-12-8-13(2)10-16(9-12)20(3)18(21)15-4-5-17-14(11-15)6-7-19-17;/h4-5,8-11,19H,6-7H2,1-3H3;1H. The van der Waals surface area contributed by atoms with Crippen LogP contribution in [0.25, 0.3) is 0 Å². The number of fused-ring (bicyclic) bond motifs is 1. The lowest BCUT2D eigenvalue weighted by molar-refractivity contribution is 0.0993. The van der Waals surface area contributed by atoms with Crippen LogP contribution in [-0.2, 0) is 6.42 Å². The fourth-order valence-corrected chi connectivity index (χ4v) is 2.89. The van der Waals surface area contributed by atoms with Crippen LogP contribution in [0.4, 0.5) is 11.4 Å². The molecular formula is C18H21ClN2O. The Morgan fingerprint density at radius 2 is 1.77 bits per heavy atom. The van der Waals surface area contributed by atoms with Crippen LogP contribution >= 0.6 is 12.4 Å². The molecule has 1 amide bonds. The second-order valence-corrected chi connectivity index (χ2v) is 5.76. The molecule has 0 saturated carbocycles. The van der Waals surface area contributed by atoms with Gasteiger partial charge >= 0.3 is 0 Å². The molecule has 0 aliphatic carbocycles. The highest BCUT2D eigenvalue weighted by atomic mass is 35.5. The first-order valence-corrected chi connectivity index (χ1v) is 7.28. The van der Waals surface area contributed by atoms with Crippen LogP contribution in [-0.4, -0.2) is 19.5 Å². The van der Waals surface area contributed by atoms with Crippen LogP contribution < -0.4 is 10.2 Å². The Kier molecular flexibility index (Phi) is 4.77. The van der Waals surface area contributed by atoms with E-state index in [1.54, 1.807) is 4.90 Å². The van der Waals surface area contributed by atoms with Crippen molar-refractivity contribution in [2.75, 3.05) is 23.8 Å². The Hall–Kier alpha value is -2.00.